The molecule has 0 heterocycles. The topological polar surface area (TPSA) is 252 Å². The summed E-state index contributed by atoms with van der Waals surface area (Å²) in [6, 6.07) is -3.56. The van der Waals surface area contributed by atoms with Crippen molar-refractivity contribution < 1.29 is 34.2 Å². The number of guanidine groups is 1. The minimum atomic E-state index is -1.34. The average Bonchev–Trinajstić information content (AvgIpc) is 2.69. The number of thiol groups is 1. The van der Waals surface area contributed by atoms with E-state index < -0.39 is 60.8 Å². The first kappa shape index (κ1) is 27.9. The maximum absolute atomic E-state index is 12.3. The molecular weight excluding hydrogens is 434 g/mol. The number of hydrogen-bond acceptors (Lipinski definition) is 8. The molecule has 0 aromatic rings. The second-order valence-corrected chi connectivity index (χ2v) is 6.77. The zero-order chi connectivity index (χ0) is 24.0. The van der Waals surface area contributed by atoms with E-state index in [4.69, 9.17) is 27.4 Å². The number of carbonyl (C=O) groups is 5. The molecule has 0 rings (SSSR count). The minimum Gasteiger partial charge on any atom is -0.481 e. The summed E-state index contributed by atoms with van der Waals surface area (Å²) in [5.41, 5.74) is 16.1. The molecule has 15 heteroatoms. The number of nitrogens with two attached hydrogens (primary N) is 3. The number of rotatable bonds is 15. The number of nitrogens with one attached hydrogen (secondary N) is 3. The predicted molar refractivity (Wildman–Crippen MR) is 113 cm³/mol. The van der Waals surface area contributed by atoms with Crippen molar-refractivity contribution in [3.8, 4) is 0 Å². The van der Waals surface area contributed by atoms with Crippen LogP contribution in [0.4, 0.5) is 0 Å². The van der Waals surface area contributed by atoms with Gasteiger partial charge in [-0.15, -0.1) is 0 Å². The van der Waals surface area contributed by atoms with Crippen molar-refractivity contribution in [2.45, 2.75) is 43.8 Å². The van der Waals surface area contributed by atoms with Crippen LogP contribution in [-0.4, -0.2) is 82.8 Å². The van der Waals surface area contributed by atoms with Crippen LogP contribution in [0, 0.1) is 0 Å². The molecular formula is C16H29N7O7S. The molecule has 3 atom stereocenters. The van der Waals surface area contributed by atoms with Gasteiger partial charge in [0, 0.05) is 18.7 Å². The van der Waals surface area contributed by atoms with Crippen LogP contribution < -0.4 is 33.2 Å². The maximum atomic E-state index is 12.3. The smallest absolute Gasteiger partial charge is 0.327 e. The van der Waals surface area contributed by atoms with Crippen LogP contribution in [-0.2, 0) is 24.0 Å². The molecule has 176 valence electrons. The molecule has 31 heavy (non-hydrogen) atoms. The van der Waals surface area contributed by atoms with Gasteiger partial charge in [-0.1, -0.05) is 0 Å². The third-order valence-corrected chi connectivity index (χ3v) is 4.19. The molecule has 14 nitrogen and oxygen atoms in total. The molecule has 0 bridgehead atoms. The Labute approximate surface area is 183 Å². The normalized spacial score (nSPS) is 13.2. The van der Waals surface area contributed by atoms with Crippen LogP contribution in [0.2, 0.25) is 0 Å². The van der Waals surface area contributed by atoms with Gasteiger partial charge >= 0.3 is 11.9 Å². The first-order chi connectivity index (χ1) is 14.5. The van der Waals surface area contributed by atoms with Crippen LogP contribution in [0.1, 0.15) is 25.7 Å². The van der Waals surface area contributed by atoms with Crippen molar-refractivity contribution in [3.05, 3.63) is 0 Å². The fourth-order valence-electron chi connectivity index (χ4n) is 2.19. The second kappa shape index (κ2) is 14.8. The highest BCUT2D eigenvalue weighted by atomic mass is 32.1. The molecule has 0 saturated heterocycles. The first-order valence-electron chi connectivity index (χ1n) is 9.21. The lowest BCUT2D eigenvalue weighted by atomic mass is 10.1. The SMILES string of the molecule is NC(N)=NCCC[C@H](N)C(=O)NCC(=O)N[C@@H](CCC(=O)O)C(=O)N[C@@H](CS)C(=O)O. The van der Waals surface area contributed by atoms with E-state index in [0.717, 1.165) is 0 Å². The van der Waals surface area contributed by atoms with E-state index in [9.17, 15) is 24.0 Å². The van der Waals surface area contributed by atoms with E-state index in [-0.39, 0.29) is 31.1 Å². The van der Waals surface area contributed by atoms with Crippen LogP contribution >= 0.6 is 12.6 Å². The van der Waals surface area contributed by atoms with Crippen molar-refractivity contribution in [2.75, 3.05) is 18.8 Å². The fraction of sp³-hybridized carbons (Fsp3) is 0.625. The van der Waals surface area contributed by atoms with Gasteiger partial charge in [0.2, 0.25) is 17.7 Å². The molecule has 0 aliphatic carbocycles. The van der Waals surface area contributed by atoms with Crippen molar-refractivity contribution in [2.24, 2.45) is 22.2 Å². The molecule has 0 aliphatic rings. The fourth-order valence-corrected chi connectivity index (χ4v) is 2.44. The van der Waals surface area contributed by atoms with Crippen molar-refractivity contribution >= 4 is 48.2 Å². The van der Waals surface area contributed by atoms with Gasteiger partial charge in [-0.05, 0) is 19.3 Å². The summed E-state index contributed by atoms with van der Waals surface area (Å²) in [6.07, 6.45) is -0.0474. The third-order valence-electron chi connectivity index (χ3n) is 3.82. The highest BCUT2D eigenvalue weighted by Gasteiger charge is 2.26. The first-order valence-corrected chi connectivity index (χ1v) is 9.85. The lowest BCUT2D eigenvalue weighted by Crippen LogP contribution is -2.54. The number of carbonyl (C=O) groups excluding carboxylic acids is 3. The Hall–Kier alpha value is -3.07. The Bertz CT molecular complexity index is 685. The zero-order valence-corrected chi connectivity index (χ0v) is 17.6. The molecule has 0 spiro atoms. The summed E-state index contributed by atoms with van der Waals surface area (Å²) >= 11 is 3.81. The average molecular weight is 464 g/mol. The van der Waals surface area contributed by atoms with E-state index in [1.165, 1.54) is 0 Å². The number of aliphatic carboxylic acids is 2. The van der Waals surface area contributed by atoms with Crippen LogP contribution in [0.5, 0.6) is 0 Å². The van der Waals surface area contributed by atoms with E-state index in [1.807, 2.05) is 0 Å². The lowest BCUT2D eigenvalue weighted by Gasteiger charge is -2.20. The molecule has 11 N–H and O–H groups in total. The molecule has 0 unspecified atom stereocenters. The van der Waals surface area contributed by atoms with E-state index in [2.05, 4.69) is 33.6 Å². The van der Waals surface area contributed by atoms with Crippen molar-refractivity contribution in [3.63, 3.8) is 0 Å². The van der Waals surface area contributed by atoms with Gasteiger partial charge in [0.1, 0.15) is 12.1 Å². The molecule has 0 aromatic heterocycles. The van der Waals surface area contributed by atoms with Crippen molar-refractivity contribution in [1.82, 2.24) is 16.0 Å². The molecule has 0 fully saturated rings. The number of hydrogen-bond donors (Lipinski definition) is 9. The Morgan fingerprint density at radius 2 is 1.61 bits per heavy atom. The molecule has 0 aromatic carbocycles. The summed E-state index contributed by atoms with van der Waals surface area (Å²) in [6.45, 7) is -0.236. The Balaban J connectivity index is 4.71. The maximum Gasteiger partial charge on any atom is 0.327 e. The molecule has 3 amide bonds. The minimum absolute atomic E-state index is 0.0831. The standard InChI is InChI=1S/C16H29N7O7S/c17-8(2-1-5-20-16(18)19)13(27)21-6-11(24)22-9(3-4-12(25)26)14(28)23-10(7-31)15(29)30/h8-10,31H,1-7,17H2,(H,21,27)(H,22,24)(H,23,28)(H,25,26)(H,29,30)(H4,18,19,20)/t8-,9-,10-/m0/s1. The van der Waals surface area contributed by atoms with Gasteiger partial charge in [0.25, 0.3) is 0 Å². The zero-order valence-electron chi connectivity index (χ0n) is 16.7. The predicted octanol–water partition coefficient (Wildman–Crippen LogP) is -3.67. The monoisotopic (exact) mass is 463 g/mol. The highest BCUT2D eigenvalue weighted by Crippen LogP contribution is 2.01. The molecule has 0 radical (unpaired) electrons. The van der Waals surface area contributed by atoms with Gasteiger partial charge in [-0.3, -0.25) is 24.2 Å². The quantitative estimate of drug-likeness (QED) is 0.0497. The van der Waals surface area contributed by atoms with Crippen molar-refractivity contribution in [1.29, 1.82) is 0 Å². The summed E-state index contributed by atoms with van der Waals surface area (Å²) in [5.74, 6) is -5.14. The van der Waals surface area contributed by atoms with Gasteiger partial charge in [0.05, 0.1) is 12.6 Å². The second-order valence-electron chi connectivity index (χ2n) is 6.41. The third kappa shape index (κ3) is 13.0. The Morgan fingerprint density at radius 1 is 0.968 bits per heavy atom. The Kier molecular flexibility index (Phi) is 13.4. The van der Waals surface area contributed by atoms with E-state index >= 15 is 0 Å². The Morgan fingerprint density at radius 3 is 2.13 bits per heavy atom. The number of amides is 3. The van der Waals surface area contributed by atoms with Gasteiger partial charge in [-0.25, -0.2) is 4.79 Å². The van der Waals surface area contributed by atoms with E-state index in [1.54, 1.807) is 0 Å². The van der Waals surface area contributed by atoms with Crippen LogP contribution in [0.25, 0.3) is 0 Å². The summed E-state index contributed by atoms with van der Waals surface area (Å²) in [5, 5.41) is 24.5. The van der Waals surface area contributed by atoms with Crippen LogP contribution in [0.15, 0.2) is 4.99 Å². The van der Waals surface area contributed by atoms with Gasteiger partial charge < -0.3 is 43.4 Å². The number of carboxylic acid groups (broad SMARTS) is 2. The summed E-state index contributed by atoms with van der Waals surface area (Å²) in [7, 11) is 0. The van der Waals surface area contributed by atoms with E-state index in [0.29, 0.717) is 6.42 Å². The number of nitrogens with zero attached hydrogens (tertiary/aromatic N) is 1. The van der Waals surface area contributed by atoms with Gasteiger partial charge in [-0.2, -0.15) is 12.6 Å². The molecule has 0 aliphatic heterocycles. The highest BCUT2D eigenvalue weighted by molar-refractivity contribution is 7.80. The molecule has 0 saturated carbocycles. The van der Waals surface area contributed by atoms with Gasteiger partial charge in [0.15, 0.2) is 5.96 Å². The van der Waals surface area contributed by atoms with Crippen LogP contribution in [0.3, 0.4) is 0 Å². The number of aliphatic imine (C=N–C) groups is 1. The lowest BCUT2D eigenvalue weighted by molar-refractivity contribution is -0.142. The summed E-state index contributed by atoms with van der Waals surface area (Å²) in [4.78, 5) is 61.8. The largest absolute Gasteiger partial charge is 0.481 e. The summed E-state index contributed by atoms with van der Waals surface area (Å²) < 4.78 is 0. The number of carboxylic acids is 2.